The van der Waals surface area contributed by atoms with Crippen LogP contribution in [0, 0.1) is 0 Å². The van der Waals surface area contributed by atoms with Gasteiger partial charge in [0.05, 0.1) is 12.5 Å². The van der Waals surface area contributed by atoms with Crippen molar-refractivity contribution in [2.24, 2.45) is 0 Å². The second kappa shape index (κ2) is 7.71. The maximum Gasteiger partial charge on any atom is 0.213 e. The highest BCUT2D eigenvalue weighted by atomic mass is 16.5. The van der Waals surface area contributed by atoms with E-state index < -0.39 is 0 Å². The third kappa shape index (κ3) is 3.81. The lowest BCUT2D eigenvalue weighted by Gasteiger charge is -2.19. The molecule has 4 rings (SSSR count). The molecule has 3 heterocycles. The Bertz CT molecular complexity index is 1170. The normalized spacial score (nSPS) is 11.6. The molecule has 0 aliphatic heterocycles. The van der Waals surface area contributed by atoms with Gasteiger partial charge in [0, 0.05) is 42.3 Å². The number of methoxy groups -OCH3 is 1. The standard InChI is InChI=1S/C24H26N4O2/c1-24(2,3)18-5-7-19(8-6-18)28-15-17-10-12-26-22(21(17)23(28)29)27-14-16-9-11-25-20(13-16)30-4/h5-13,15,29H,14H2,1-4H3,(H,26,27). The maximum atomic E-state index is 11.0. The molecular weight excluding hydrogens is 376 g/mol. The number of nitrogens with zero attached hydrogens (tertiary/aromatic N) is 3. The molecule has 30 heavy (non-hydrogen) atoms. The molecule has 0 spiro atoms. The topological polar surface area (TPSA) is 72.2 Å². The zero-order chi connectivity index (χ0) is 21.3. The number of hydrogen-bond acceptors (Lipinski definition) is 5. The molecule has 0 bridgehead atoms. The number of anilines is 1. The molecule has 0 saturated carbocycles. The molecule has 1 aromatic carbocycles. The van der Waals surface area contributed by atoms with Gasteiger partial charge in [-0.2, -0.15) is 0 Å². The zero-order valence-corrected chi connectivity index (χ0v) is 17.7. The van der Waals surface area contributed by atoms with E-state index in [1.165, 1.54) is 5.56 Å². The van der Waals surface area contributed by atoms with Gasteiger partial charge in [-0.15, -0.1) is 0 Å². The Morgan fingerprint density at radius 2 is 1.77 bits per heavy atom. The van der Waals surface area contributed by atoms with E-state index in [-0.39, 0.29) is 11.3 Å². The van der Waals surface area contributed by atoms with Crippen molar-refractivity contribution >= 4 is 16.6 Å². The molecule has 154 valence electrons. The number of nitrogens with one attached hydrogen (secondary N) is 1. The fraction of sp³-hybridized carbons (Fsp3) is 0.250. The van der Waals surface area contributed by atoms with Crippen LogP contribution in [0.5, 0.6) is 11.8 Å². The third-order valence-corrected chi connectivity index (χ3v) is 5.18. The van der Waals surface area contributed by atoms with Gasteiger partial charge in [0.1, 0.15) is 5.82 Å². The Morgan fingerprint density at radius 3 is 2.47 bits per heavy atom. The van der Waals surface area contributed by atoms with Crippen molar-refractivity contribution in [3.63, 3.8) is 0 Å². The van der Waals surface area contributed by atoms with Gasteiger partial charge in [-0.05, 0) is 40.8 Å². The summed E-state index contributed by atoms with van der Waals surface area (Å²) in [6, 6.07) is 14.0. The van der Waals surface area contributed by atoms with E-state index in [4.69, 9.17) is 4.74 Å². The fourth-order valence-corrected chi connectivity index (χ4v) is 3.45. The highest BCUT2D eigenvalue weighted by Crippen LogP contribution is 2.35. The first-order valence-electron chi connectivity index (χ1n) is 9.89. The predicted molar refractivity (Wildman–Crippen MR) is 120 cm³/mol. The van der Waals surface area contributed by atoms with E-state index in [1.54, 1.807) is 24.1 Å². The lowest BCUT2D eigenvalue weighted by molar-refractivity contribution is 0.397. The molecule has 4 aromatic rings. The second-order valence-electron chi connectivity index (χ2n) is 8.30. The summed E-state index contributed by atoms with van der Waals surface area (Å²) in [5, 5.41) is 15.9. The number of aromatic nitrogens is 3. The molecule has 0 atom stereocenters. The minimum atomic E-state index is 0.0820. The Labute approximate surface area is 176 Å². The van der Waals surface area contributed by atoms with E-state index in [0.717, 1.165) is 16.6 Å². The third-order valence-electron chi connectivity index (χ3n) is 5.18. The predicted octanol–water partition coefficient (Wildman–Crippen LogP) is 5.04. The molecule has 6 heteroatoms. The van der Waals surface area contributed by atoms with Gasteiger partial charge in [-0.3, -0.25) is 4.57 Å². The van der Waals surface area contributed by atoms with Crippen LogP contribution in [0.4, 0.5) is 5.82 Å². The molecule has 3 aromatic heterocycles. The summed E-state index contributed by atoms with van der Waals surface area (Å²) in [6.45, 7) is 7.10. The van der Waals surface area contributed by atoms with Crippen LogP contribution in [-0.4, -0.2) is 26.8 Å². The average molecular weight is 402 g/mol. The van der Waals surface area contributed by atoms with Crippen molar-refractivity contribution < 1.29 is 9.84 Å². The largest absolute Gasteiger partial charge is 0.494 e. The molecule has 0 saturated heterocycles. The van der Waals surface area contributed by atoms with Crippen molar-refractivity contribution in [1.82, 2.24) is 14.5 Å². The van der Waals surface area contributed by atoms with Gasteiger partial charge >= 0.3 is 0 Å². The molecule has 0 aliphatic carbocycles. The van der Waals surface area contributed by atoms with E-state index in [0.29, 0.717) is 23.6 Å². The van der Waals surface area contributed by atoms with Crippen molar-refractivity contribution in [3.8, 4) is 17.4 Å². The Kier molecular flexibility index (Phi) is 5.08. The van der Waals surface area contributed by atoms with Crippen molar-refractivity contribution in [1.29, 1.82) is 0 Å². The van der Waals surface area contributed by atoms with Crippen LogP contribution in [0.1, 0.15) is 31.9 Å². The quantitative estimate of drug-likeness (QED) is 0.489. The van der Waals surface area contributed by atoms with E-state index in [1.807, 2.05) is 36.5 Å². The SMILES string of the molecule is COc1cc(CNc2nccc3cn(-c4ccc(C(C)(C)C)cc4)c(O)c23)ccn1. The minimum absolute atomic E-state index is 0.0820. The highest BCUT2D eigenvalue weighted by molar-refractivity contribution is 5.97. The lowest BCUT2D eigenvalue weighted by Crippen LogP contribution is -2.10. The Hall–Kier alpha value is -3.54. The Balaban J connectivity index is 1.66. The fourth-order valence-electron chi connectivity index (χ4n) is 3.45. The number of ether oxygens (including phenoxy) is 1. The zero-order valence-electron chi connectivity index (χ0n) is 17.7. The molecule has 0 fully saturated rings. The number of benzene rings is 1. The summed E-state index contributed by atoms with van der Waals surface area (Å²) in [4.78, 5) is 8.57. The molecule has 0 amide bonds. The van der Waals surface area contributed by atoms with Gasteiger partial charge in [-0.25, -0.2) is 9.97 Å². The molecule has 0 aliphatic rings. The minimum Gasteiger partial charge on any atom is -0.494 e. The molecule has 0 radical (unpaired) electrons. The van der Waals surface area contributed by atoms with Crippen LogP contribution in [0.25, 0.3) is 16.5 Å². The first kappa shape index (κ1) is 19.8. The van der Waals surface area contributed by atoms with Crippen molar-refractivity contribution in [2.75, 3.05) is 12.4 Å². The Morgan fingerprint density at radius 1 is 1.03 bits per heavy atom. The number of pyridine rings is 2. The average Bonchev–Trinajstić information content (AvgIpc) is 3.09. The van der Waals surface area contributed by atoms with Crippen molar-refractivity contribution in [3.05, 3.63) is 72.2 Å². The van der Waals surface area contributed by atoms with Crippen LogP contribution in [0.3, 0.4) is 0 Å². The number of rotatable bonds is 5. The van der Waals surface area contributed by atoms with Gasteiger partial charge in [-0.1, -0.05) is 32.9 Å². The number of aromatic hydroxyl groups is 1. The summed E-state index contributed by atoms with van der Waals surface area (Å²) >= 11 is 0. The summed E-state index contributed by atoms with van der Waals surface area (Å²) in [5.74, 6) is 1.36. The molecule has 2 N–H and O–H groups in total. The van der Waals surface area contributed by atoms with Gasteiger partial charge in [0.2, 0.25) is 11.8 Å². The van der Waals surface area contributed by atoms with Crippen LogP contribution in [0.2, 0.25) is 0 Å². The maximum absolute atomic E-state index is 11.0. The highest BCUT2D eigenvalue weighted by Gasteiger charge is 2.16. The van der Waals surface area contributed by atoms with E-state index >= 15 is 0 Å². The first-order chi connectivity index (χ1) is 14.4. The second-order valence-corrected chi connectivity index (χ2v) is 8.30. The molecular formula is C24H26N4O2. The van der Waals surface area contributed by atoms with E-state index in [9.17, 15) is 5.11 Å². The first-order valence-corrected chi connectivity index (χ1v) is 9.89. The van der Waals surface area contributed by atoms with Crippen LogP contribution >= 0.6 is 0 Å². The monoisotopic (exact) mass is 402 g/mol. The van der Waals surface area contributed by atoms with Gasteiger partial charge < -0.3 is 15.2 Å². The summed E-state index contributed by atoms with van der Waals surface area (Å²) in [5.41, 5.74) is 3.25. The van der Waals surface area contributed by atoms with Crippen LogP contribution in [-0.2, 0) is 12.0 Å². The van der Waals surface area contributed by atoms with E-state index in [2.05, 4.69) is 48.2 Å². The van der Waals surface area contributed by atoms with Gasteiger partial charge in [0.25, 0.3) is 0 Å². The number of hydrogen-bond donors (Lipinski definition) is 2. The lowest BCUT2D eigenvalue weighted by atomic mass is 9.87. The smallest absolute Gasteiger partial charge is 0.213 e. The number of fused-ring (bicyclic) bond motifs is 1. The van der Waals surface area contributed by atoms with Crippen LogP contribution in [0.15, 0.2) is 61.1 Å². The van der Waals surface area contributed by atoms with Crippen LogP contribution < -0.4 is 10.1 Å². The van der Waals surface area contributed by atoms with Crippen molar-refractivity contribution in [2.45, 2.75) is 32.7 Å². The van der Waals surface area contributed by atoms with Gasteiger partial charge in [0.15, 0.2) is 0 Å². The molecule has 6 nitrogen and oxygen atoms in total. The summed E-state index contributed by atoms with van der Waals surface area (Å²) in [7, 11) is 1.59. The summed E-state index contributed by atoms with van der Waals surface area (Å²) < 4.78 is 6.97. The molecule has 0 unspecified atom stereocenters. The summed E-state index contributed by atoms with van der Waals surface area (Å²) in [6.07, 6.45) is 5.38.